The summed E-state index contributed by atoms with van der Waals surface area (Å²) in [5.41, 5.74) is 2.90. The van der Waals surface area contributed by atoms with Gasteiger partial charge in [-0.25, -0.2) is 0 Å². The maximum absolute atomic E-state index is 14.7. The van der Waals surface area contributed by atoms with Gasteiger partial charge in [0.1, 0.15) is 17.6 Å². The number of para-hydroxylation sites is 1. The lowest BCUT2D eigenvalue weighted by molar-refractivity contribution is -0.384. The van der Waals surface area contributed by atoms with Crippen molar-refractivity contribution in [2.24, 2.45) is 5.92 Å². The minimum absolute atomic E-state index is 0.0508. The smallest absolute Gasteiger partial charge is 0.324 e. The molecule has 222 valence electrons. The van der Waals surface area contributed by atoms with Crippen LogP contribution in [0.2, 0.25) is 0 Å². The number of hydrogen-bond donors (Lipinski definition) is 1. The molecule has 0 aliphatic carbocycles. The quantitative estimate of drug-likeness (QED) is 0.153. The maximum atomic E-state index is 14.7. The molecule has 1 amide bonds. The first-order valence-electron chi connectivity index (χ1n) is 15.1. The predicted molar refractivity (Wildman–Crippen MR) is 166 cm³/mol. The molecule has 4 aromatic rings. The number of fused-ring (bicyclic) bond motifs is 3. The number of ether oxygens (including phenoxy) is 1. The van der Waals surface area contributed by atoms with Crippen LogP contribution in [0, 0.1) is 16.0 Å². The summed E-state index contributed by atoms with van der Waals surface area (Å²) in [6, 6.07) is 32.2. The number of amides is 1. The number of esters is 1. The van der Waals surface area contributed by atoms with Gasteiger partial charge in [-0.2, -0.15) is 0 Å². The summed E-state index contributed by atoms with van der Waals surface area (Å²) < 4.78 is 6.43. The molecule has 44 heavy (non-hydrogen) atoms. The molecule has 4 aromatic carbocycles. The van der Waals surface area contributed by atoms with Crippen molar-refractivity contribution >= 4 is 23.3 Å². The van der Waals surface area contributed by atoms with E-state index in [1.807, 2.05) is 72.8 Å². The van der Waals surface area contributed by atoms with Crippen LogP contribution in [-0.4, -0.2) is 33.8 Å². The van der Waals surface area contributed by atoms with E-state index in [-0.39, 0.29) is 29.6 Å². The molecule has 3 heterocycles. The number of anilines is 1. The number of nitrogens with zero attached hydrogens (tertiary/aromatic N) is 2. The number of morpholine rings is 1. The highest BCUT2D eigenvalue weighted by Gasteiger charge is 2.71. The number of hydrogen-bond acceptors (Lipinski definition) is 6. The second-order valence-corrected chi connectivity index (χ2v) is 12.4. The van der Waals surface area contributed by atoms with Gasteiger partial charge in [-0.05, 0) is 40.7 Å². The Labute approximate surface area is 255 Å². The molecule has 2 fully saturated rings. The minimum Gasteiger partial charge on any atom is -0.454 e. The molecule has 3 aliphatic heterocycles. The van der Waals surface area contributed by atoms with Crippen molar-refractivity contribution in [3.8, 4) is 0 Å². The van der Waals surface area contributed by atoms with Gasteiger partial charge in [0.05, 0.1) is 11.0 Å². The number of carbonyl (C=O) groups excluding carboxylic acids is 2. The average molecular weight is 588 g/mol. The molecule has 6 atom stereocenters. The molecule has 0 aromatic heterocycles. The van der Waals surface area contributed by atoms with Crippen molar-refractivity contribution in [3.05, 3.63) is 142 Å². The third-order valence-corrected chi connectivity index (χ3v) is 9.53. The SMILES string of the molecule is CC(C)C[C@@H]1N2[C@H](c3ccccc3)[C@H](c3ccccc3)OC(=O)[C@H]2[C@H](c2ccc([N+](=O)[O-])cc2)[C@@]12C(=O)Nc1ccccc12. The highest BCUT2D eigenvalue weighted by Crippen LogP contribution is 2.63. The lowest BCUT2D eigenvalue weighted by Gasteiger charge is -2.46. The van der Waals surface area contributed by atoms with Gasteiger partial charge in [-0.3, -0.25) is 24.6 Å². The van der Waals surface area contributed by atoms with Crippen LogP contribution in [0.3, 0.4) is 0 Å². The Balaban J connectivity index is 1.53. The van der Waals surface area contributed by atoms with Crippen molar-refractivity contribution in [1.29, 1.82) is 0 Å². The maximum Gasteiger partial charge on any atom is 0.324 e. The zero-order valence-electron chi connectivity index (χ0n) is 24.5. The van der Waals surface area contributed by atoms with Crippen LogP contribution in [0.25, 0.3) is 0 Å². The molecular weight excluding hydrogens is 554 g/mol. The molecule has 8 nitrogen and oxygen atoms in total. The largest absolute Gasteiger partial charge is 0.454 e. The second-order valence-electron chi connectivity index (χ2n) is 12.4. The van der Waals surface area contributed by atoms with Crippen molar-refractivity contribution in [2.75, 3.05) is 5.32 Å². The van der Waals surface area contributed by atoms with E-state index in [2.05, 4.69) is 36.2 Å². The third-order valence-electron chi connectivity index (χ3n) is 9.53. The van der Waals surface area contributed by atoms with Gasteiger partial charge in [-0.1, -0.05) is 105 Å². The standard InChI is InChI=1S/C36H33N3O5/c1-22(2)21-29-36(27-15-9-10-16-28(27)37-35(36)41)30(23-17-19-26(20-18-23)39(42)43)32-34(40)44-33(25-13-7-4-8-14-25)31(38(29)32)24-11-5-3-6-12-24/h3-20,22,29-33H,21H2,1-2H3,(H,37,41)/t29-,30-,31+,32+,33-,36-/m0/s1. The molecule has 0 bridgehead atoms. The topological polar surface area (TPSA) is 102 Å². The molecule has 7 rings (SSSR count). The highest BCUT2D eigenvalue weighted by atomic mass is 16.6. The number of carbonyl (C=O) groups is 2. The fourth-order valence-electron chi connectivity index (χ4n) is 7.93. The molecular formula is C36H33N3O5. The van der Waals surface area contributed by atoms with Gasteiger partial charge in [-0.15, -0.1) is 0 Å². The summed E-state index contributed by atoms with van der Waals surface area (Å²) in [5.74, 6) is -1.04. The fraction of sp³-hybridized carbons (Fsp3) is 0.278. The molecule has 0 unspecified atom stereocenters. The van der Waals surface area contributed by atoms with Gasteiger partial charge in [0.15, 0.2) is 0 Å². The normalized spacial score (nSPS) is 27.6. The first-order valence-corrected chi connectivity index (χ1v) is 15.1. The zero-order chi connectivity index (χ0) is 30.6. The van der Waals surface area contributed by atoms with Gasteiger partial charge < -0.3 is 10.1 Å². The lowest BCUT2D eigenvalue weighted by atomic mass is 9.63. The third kappa shape index (κ3) is 4.16. The molecule has 2 saturated heterocycles. The number of non-ortho nitro benzene ring substituents is 1. The van der Waals surface area contributed by atoms with Crippen molar-refractivity contribution < 1.29 is 19.2 Å². The Morgan fingerprint density at radius 3 is 2.07 bits per heavy atom. The van der Waals surface area contributed by atoms with Gasteiger partial charge in [0, 0.05) is 29.8 Å². The molecule has 0 radical (unpaired) electrons. The van der Waals surface area contributed by atoms with Crippen LogP contribution < -0.4 is 5.32 Å². The molecule has 1 spiro atoms. The Hall–Kier alpha value is -4.82. The van der Waals surface area contributed by atoms with E-state index in [4.69, 9.17) is 4.74 Å². The Kier molecular flexibility index (Phi) is 6.81. The van der Waals surface area contributed by atoms with Crippen LogP contribution in [0.5, 0.6) is 0 Å². The summed E-state index contributed by atoms with van der Waals surface area (Å²) in [6.45, 7) is 4.27. The summed E-state index contributed by atoms with van der Waals surface area (Å²) in [4.78, 5) is 42.5. The predicted octanol–water partition coefficient (Wildman–Crippen LogP) is 6.71. The summed E-state index contributed by atoms with van der Waals surface area (Å²) in [6.07, 6.45) is 0.0317. The van der Waals surface area contributed by atoms with Gasteiger partial charge in [0.2, 0.25) is 5.91 Å². The first kappa shape index (κ1) is 28.0. The lowest BCUT2D eigenvalue weighted by Crippen LogP contribution is -2.54. The van der Waals surface area contributed by atoms with Crippen LogP contribution in [0.4, 0.5) is 11.4 Å². The zero-order valence-corrected chi connectivity index (χ0v) is 24.5. The number of nitrogens with one attached hydrogen (secondary N) is 1. The monoisotopic (exact) mass is 587 g/mol. The van der Waals surface area contributed by atoms with E-state index in [0.29, 0.717) is 12.0 Å². The fourth-order valence-corrected chi connectivity index (χ4v) is 7.93. The number of cyclic esters (lactones) is 1. The molecule has 0 saturated carbocycles. The van der Waals surface area contributed by atoms with Crippen LogP contribution in [0.15, 0.2) is 109 Å². The molecule has 1 N–H and O–H groups in total. The van der Waals surface area contributed by atoms with Crippen LogP contribution in [-0.2, 0) is 19.7 Å². The minimum atomic E-state index is -1.15. The van der Waals surface area contributed by atoms with Gasteiger partial charge >= 0.3 is 5.97 Å². The first-order chi connectivity index (χ1) is 21.3. The molecule has 3 aliphatic rings. The van der Waals surface area contributed by atoms with E-state index in [9.17, 15) is 19.7 Å². The summed E-state index contributed by atoms with van der Waals surface area (Å²) in [5, 5.41) is 14.7. The van der Waals surface area contributed by atoms with E-state index < -0.39 is 34.4 Å². The van der Waals surface area contributed by atoms with E-state index in [1.165, 1.54) is 12.1 Å². The average Bonchev–Trinajstić information content (AvgIpc) is 3.50. The van der Waals surface area contributed by atoms with Crippen LogP contribution >= 0.6 is 0 Å². The highest BCUT2D eigenvalue weighted by molar-refractivity contribution is 6.09. The van der Waals surface area contributed by atoms with Crippen LogP contribution in [0.1, 0.15) is 60.6 Å². The molecule has 8 heteroatoms. The van der Waals surface area contributed by atoms with E-state index in [0.717, 1.165) is 22.4 Å². The second kappa shape index (κ2) is 10.7. The van der Waals surface area contributed by atoms with E-state index in [1.54, 1.807) is 12.1 Å². The Morgan fingerprint density at radius 1 is 0.818 bits per heavy atom. The number of nitro benzene ring substituents is 1. The Morgan fingerprint density at radius 2 is 1.43 bits per heavy atom. The van der Waals surface area contributed by atoms with E-state index >= 15 is 0 Å². The Bertz CT molecular complexity index is 1730. The number of benzene rings is 4. The van der Waals surface area contributed by atoms with Gasteiger partial charge in [0.25, 0.3) is 5.69 Å². The van der Waals surface area contributed by atoms with Crippen molar-refractivity contribution in [3.63, 3.8) is 0 Å². The number of nitro groups is 1. The van der Waals surface area contributed by atoms with Crippen molar-refractivity contribution in [1.82, 2.24) is 4.90 Å². The number of rotatable bonds is 6. The summed E-state index contributed by atoms with van der Waals surface area (Å²) >= 11 is 0. The summed E-state index contributed by atoms with van der Waals surface area (Å²) in [7, 11) is 0. The van der Waals surface area contributed by atoms with Crippen molar-refractivity contribution in [2.45, 2.75) is 55.8 Å².